The van der Waals surface area contributed by atoms with Gasteiger partial charge in [0, 0.05) is 24.6 Å². The van der Waals surface area contributed by atoms with Gasteiger partial charge in [0.15, 0.2) is 28.8 Å². The first-order chi connectivity index (χ1) is 19.9. The van der Waals surface area contributed by atoms with E-state index in [1.54, 1.807) is 27.4 Å². The molecule has 3 aromatic rings. The van der Waals surface area contributed by atoms with Crippen molar-refractivity contribution >= 4 is 23.1 Å². The molecule has 0 spiro atoms. The molecular formula is C32H34N2O7. The SMILES string of the molecule is CCOc1cc([C@@H]2Nc3ccccc3NC3=C2C(=O)C[C@H](c2cc(OC)c(OC)c(OC)c2)C3)ccc1OC(C)=O. The number of allylic oxidation sites excluding steroid dienone is 1. The van der Waals surface area contributed by atoms with Crippen molar-refractivity contribution in [3.8, 4) is 28.7 Å². The molecule has 0 radical (unpaired) electrons. The monoisotopic (exact) mass is 558 g/mol. The van der Waals surface area contributed by atoms with Gasteiger partial charge in [0.1, 0.15) is 0 Å². The number of fused-ring (bicyclic) bond motifs is 1. The van der Waals surface area contributed by atoms with Gasteiger partial charge in [-0.05, 0) is 66.8 Å². The van der Waals surface area contributed by atoms with Gasteiger partial charge in [-0.15, -0.1) is 0 Å². The van der Waals surface area contributed by atoms with Crippen molar-refractivity contribution < 1.29 is 33.3 Å². The second-order valence-electron chi connectivity index (χ2n) is 9.86. The van der Waals surface area contributed by atoms with E-state index in [2.05, 4.69) is 10.6 Å². The van der Waals surface area contributed by atoms with Crippen LogP contribution in [-0.4, -0.2) is 39.7 Å². The molecule has 1 aliphatic heterocycles. The molecule has 0 unspecified atom stereocenters. The number of benzene rings is 3. The smallest absolute Gasteiger partial charge is 0.308 e. The summed E-state index contributed by atoms with van der Waals surface area (Å²) in [6, 6.07) is 16.6. The molecule has 1 heterocycles. The van der Waals surface area contributed by atoms with Gasteiger partial charge < -0.3 is 34.3 Å². The lowest BCUT2D eigenvalue weighted by atomic mass is 9.78. The maximum Gasteiger partial charge on any atom is 0.308 e. The first-order valence-corrected chi connectivity index (χ1v) is 13.5. The van der Waals surface area contributed by atoms with Crippen LogP contribution >= 0.6 is 0 Å². The van der Waals surface area contributed by atoms with E-state index in [4.69, 9.17) is 23.7 Å². The number of hydrogen-bond donors (Lipinski definition) is 2. The fraction of sp³-hybridized carbons (Fsp3) is 0.312. The van der Waals surface area contributed by atoms with E-state index in [0.717, 1.165) is 28.2 Å². The number of esters is 1. The van der Waals surface area contributed by atoms with Gasteiger partial charge in [0.25, 0.3) is 0 Å². The second-order valence-corrected chi connectivity index (χ2v) is 9.86. The molecule has 3 aromatic carbocycles. The van der Waals surface area contributed by atoms with Gasteiger partial charge in [-0.1, -0.05) is 18.2 Å². The highest BCUT2D eigenvalue weighted by molar-refractivity contribution is 6.01. The summed E-state index contributed by atoms with van der Waals surface area (Å²) in [5.74, 6) is 1.84. The lowest BCUT2D eigenvalue weighted by Gasteiger charge is -2.30. The van der Waals surface area contributed by atoms with Crippen molar-refractivity contribution in [2.24, 2.45) is 0 Å². The molecule has 1 aliphatic carbocycles. The molecule has 0 fully saturated rings. The molecule has 9 heteroatoms. The molecular weight excluding hydrogens is 524 g/mol. The zero-order valence-electron chi connectivity index (χ0n) is 23.8. The average Bonchev–Trinajstić information content (AvgIpc) is 3.14. The first-order valence-electron chi connectivity index (χ1n) is 13.5. The minimum Gasteiger partial charge on any atom is -0.493 e. The quantitative estimate of drug-likeness (QED) is 0.254. The van der Waals surface area contributed by atoms with Gasteiger partial charge >= 0.3 is 5.97 Å². The molecule has 0 bridgehead atoms. The Morgan fingerprint density at radius 1 is 0.854 bits per heavy atom. The van der Waals surface area contributed by atoms with Crippen molar-refractivity contribution in [1.82, 2.24) is 0 Å². The van der Waals surface area contributed by atoms with Crippen molar-refractivity contribution in [3.63, 3.8) is 0 Å². The lowest BCUT2D eigenvalue weighted by molar-refractivity contribution is -0.132. The van der Waals surface area contributed by atoms with Crippen molar-refractivity contribution in [2.75, 3.05) is 38.6 Å². The molecule has 0 amide bonds. The van der Waals surface area contributed by atoms with Crippen LogP contribution in [0.15, 0.2) is 65.9 Å². The average molecular weight is 559 g/mol. The van der Waals surface area contributed by atoms with Crippen molar-refractivity contribution in [2.45, 2.75) is 38.6 Å². The van der Waals surface area contributed by atoms with Crippen LogP contribution in [0.2, 0.25) is 0 Å². The van der Waals surface area contributed by atoms with Gasteiger partial charge in [0.05, 0.1) is 45.4 Å². The van der Waals surface area contributed by atoms with Crippen LogP contribution in [0.4, 0.5) is 11.4 Å². The highest BCUT2D eigenvalue weighted by Crippen LogP contribution is 2.47. The van der Waals surface area contributed by atoms with E-state index < -0.39 is 12.0 Å². The minimum atomic E-state index is -0.458. The summed E-state index contributed by atoms with van der Waals surface area (Å²) in [5, 5.41) is 7.14. The van der Waals surface area contributed by atoms with Gasteiger partial charge in [-0.25, -0.2) is 0 Å². The lowest BCUT2D eigenvalue weighted by Crippen LogP contribution is -2.27. The summed E-state index contributed by atoms with van der Waals surface area (Å²) in [6.07, 6.45) is 0.896. The molecule has 2 N–H and O–H groups in total. The number of ketones is 1. The standard InChI is InChI=1S/C32H34N2O7/c1-6-40-27-15-19(11-12-26(27)41-18(2)35)31-30-24(33-22-9-7-8-10-23(22)34-31)13-20(14-25(30)36)21-16-28(37-3)32(39-5)29(17-21)38-4/h7-12,15-17,20,31,33-34H,6,13-14H2,1-5H3/t20-,31+/m1/s1. The van der Waals surface area contributed by atoms with E-state index in [-0.39, 0.29) is 11.7 Å². The molecule has 0 aromatic heterocycles. The largest absolute Gasteiger partial charge is 0.493 e. The number of carbonyl (C=O) groups excluding carboxylic acids is 2. The van der Waals surface area contributed by atoms with E-state index in [0.29, 0.717) is 53.8 Å². The topological polar surface area (TPSA) is 104 Å². The normalized spacial score (nSPS) is 17.7. The highest BCUT2D eigenvalue weighted by atomic mass is 16.6. The summed E-state index contributed by atoms with van der Waals surface area (Å²) in [4.78, 5) is 25.7. The summed E-state index contributed by atoms with van der Waals surface area (Å²) in [6.45, 7) is 3.60. The predicted octanol–water partition coefficient (Wildman–Crippen LogP) is 6.02. The maximum atomic E-state index is 14.0. The first kappa shape index (κ1) is 27.9. The van der Waals surface area contributed by atoms with E-state index >= 15 is 0 Å². The zero-order valence-corrected chi connectivity index (χ0v) is 23.8. The number of rotatable bonds is 8. The molecule has 5 rings (SSSR count). The molecule has 41 heavy (non-hydrogen) atoms. The van der Waals surface area contributed by atoms with E-state index in [9.17, 15) is 9.59 Å². The summed E-state index contributed by atoms with van der Waals surface area (Å²) >= 11 is 0. The Labute approximate surface area is 239 Å². The van der Waals surface area contributed by atoms with Crippen LogP contribution in [0, 0.1) is 0 Å². The number of ether oxygens (including phenoxy) is 5. The third-order valence-electron chi connectivity index (χ3n) is 7.32. The van der Waals surface area contributed by atoms with Gasteiger partial charge in [0.2, 0.25) is 5.75 Å². The number of anilines is 2. The van der Waals surface area contributed by atoms with Crippen LogP contribution in [0.3, 0.4) is 0 Å². The highest BCUT2D eigenvalue weighted by Gasteiger charge is 2.37. The second kappa shape index (κ2) is 11.8. The zero-order chi connectivity index (χ0) is 29.1. The summed E-state index contributed by atoms with van der Waals surface area (Å²) in [7, 11) is 4.73. The Morgan fingerprint density at radius 3 is 2.17 bits per heavy atom. The van der Waals surface area contributed by atoms with E-state index in [1.807, 2.05) is 55.5 Å². The number of carbonyl (C=O) groups is 2. The van der Waals surface area contributed by atoms with E-state index in [1.165, 1.54) is 6.92 Å². The van der Waals surface area contributed by atoms with Gasteiger partial charge in [-0.2, -0.15) is 0 Å². The number of nitrogens with one attached hydrogen (secondary N) is 2. The number of methoxy groups -OCH3 is 3. The number of hydrogen-bond acceptors (Lipinski definition) is 9. The van der Waals surface area contributed by atoms with Crippen LogP contribution in [0.25, 0.3) is 0 Å². The Bertz CT molecular complexity index is 1490. The Morgan fingerprint density at radius 2 is 1.54 bits per heavy atom. The molecule has 2 aliphatic rings. The maximum absolute atomic E-state index is 14.0. The van der Waals surface area contributed by atoms with Crippen LogP contribution in [0.1, 0.15) is 49.8 Å². The molecule has 9 nitrogen and oxygen atoms in total. The Kier molecular flexibility index (Phi) is 8.05. The molecule has 2 atom stereocenters. The minimum absolute atomic E-state index is 0.0184. The molecule has 214 valence electrons. The number of para-hydroxylation sites is 2. The predicted molar refractivity (Wildman–Crippen MR) is 155 cm³/mol. The Balaban J connectivity index is 1.60. The molecule has 0 saturated heterocycles. The van der Waals surface area contributed by atoms with Crippen LogP contribution in [0.5, 0.6) is 28.7 Å². The van der Waals surface area contributed by atoms with Crippen molar-refractivity contribution in [3.05, 3.63) is 77.0 Å². The van der Waals surface area contributed by atoms with Gasteiger partial charge in [-0.3, -0.25) is 9.59 Å². The Hall–Kier alpha value is -4.66. The van der Waals surface area contributed by atoms with Crippen molar-refractivity contribution in [1.29, 1.82) is 0 Å². The summed E-state index contributed by atoms with van der Waals surface area (Å²) in [5.41, 5.74) is 4.98. The fourth-order valence-electron chi connectivity index (χ4n) is 5.53. The summed E-state index contributed by atoms with van der Waals surface area (Å²) < 4.78 is 27.8. The van der Waals surface area contributed by atoms with Crippen LogP contribution in [-0.2, 0) is 9.59 Å². The molecule has 0 saturated carbocycles. The third kappa shape index (κ3) is 5.52. The van der Waals surface area contributed by atoms with Crippen LogP contribution < -0.4 is 34.3 Å². The fourth-order valence-corrected chi connectivity index (χ4v) is 5.53. The third-order valence-corrected chi connectivity index (χ3v) is 7.32. The number of Topliss-reactive ketones (excluding diaryl/α,β-unsaturated/α-hetero) is 1.